The number of amides is 1. The molecular formula is C4H5N3O3. The Morgan fingerprint density at radius 1 is 1.40 bits per heavy atom. The van der Waals surface area contributed by atoms with Crippen LogP contribution in [0.25, 0.3) is 0 Å². The van der Waals surface area contributed by atoms with Gasteiger partial charge in [0.2, 0.25) is 0 Å². The number of nitrogens with one attached hydrogen (secondary N) is 1. The minimum absolute atomic E-state index is 0.0486. The number of hydrogen-bond donors (Lipinski definition) is 3. The average molecular weight is 143 g/mol. The molecule has 3 N–H and O–H groups in total. The number of carbonyl (C=O) groups is 1. The summed E-state index contributed by atoms with van der Waals surface area (Å²) in [6.07, 6.45) is 0. The van der Waals surface area contributed by atoms with Gasteiger partial charge in [-0.25, -0.2) is 0 Å². The summed E-state index contributed by atoms with van der Waals surface area (Å²) in [6.45, 7) is 0.106. The standard InChI is InChI=1S/C4H5N3O3/c8-4-3(7-10)2(6-9)1-5-4/h9-10H,1H2,(H,5,8)/b6-2+,7-3+. The number of oxime groups is 2. The van der Waals surface area contributed by atoms with Crippen LogP contribution in [0.4, 0.5) is 0 Å². The first kappa shape index (κ1) is 6.53. The van der Waals surface area contributed by atoms with Gasteiger partial charge in [0, 0.05) is 0 Å². The third-order valence-corrected chi connectivity index (χ3v) is 1.13. The summed E-state index contributed by atoms with van der Waals surface area (Å²) in [7, 11) is 0. The molecule has 0 radical (unpaired) electrons. The minimum atomic E-state index is -0.532. The van der Waals surface area contributed by atoms with Crippen LogP contribution in [0.15, 0.2) is 10.3 Å². The van der Waals surface area contributed by atoms with E-state index < -0.39 is 5.91 Å². The molecule has 0 aromatic rings. The van der Waals surface area contributed by atoms with Gasteiger partial charge in [0.25, 0.3) is 5.91 Å². The van der Waals surface area contributed by atoms with E-state index >= 15 is 0 Å². The van der Waals surface area contributed by atoms with Crippen molar-refractivity contribution in [1.82, 2.24) is 5.32 Å². The molecule has 1 rings (SSSR count). The van der Waals surface area contributed by atoms with Gasteiger partial charge in [0.15, 0.2) is 5.71 Å². The second kappa shape index (κ2) is 2.34. The third-order valence-electron chi connectivity index (χ3n) is 1.13. The largest absolute Gasteiger partial charge is 0.411 e. The molecule has 54 valence electrons. The summed E-state index contributed by atoms with van der Waals surface area (Å²) >= 11 is 0. The van der Waals surface area contributed by atoms with Gasteiger partial charge in [-0.3, -0.25) is 4.79 Å². The first-order valence-electron chi connectivity index (χ1n) is 2.51. The Balaban J connectivity index is 2.95. The topological polar surface area (TPSA) is 94.3 Å². The lowest BCUT2D eigenvalue weighted by atomic mass is 10.3. The molecule has 1 saturated heterocycles. The Hall–Kier alpha value is -1.59. The molecule has 10 heavy (non-hydrogen) atoms. The zero-order valence-corrected chi connectivity index (χ0v) is 4.90. The Labute approximate surface area is 55.8 Å². The molecule has 1 heterocycles. The van der Waals surface area contributed by atoms with Gasteiger partial charge < -0.3 is 15.7 Å². The first-order valence-corrected chi connectivity index (χ1v) is 2.51. The maximum absolute atomic E-state index is 10.6. The van der Waals surface area contributed by atoms with E-state index in [1.807, 2.05) is 0 Å². The van der Waals surface area contributed by atoms with Crippen molar-refractivity contribution in [2.24, 2.45) is 10.3 Å². The van der Waals surface area contributed by atoms with Gasteiger partial charge >= 0.3 is 0 Å². The van der Waals surface area contributed by atoms with E-state index in [-0.39, 0.29) is 18.0 Å². The van der Waals surface area contributed by atoms with Crippen LogP contribution < -0.4 is 5.32 Å². The normalized spacial score (nSPS) is 25.8. The van der Waals surface area contributed by atoms with Crippen molar-refractivity contribution in [1.29, 1.82) is 0 Å². The van der Waals surface area contributed by atoms with Gasteiger partial charge in [-0.1, -0.05) is 10.3 Å². The SMILES string of the molecule is O=C1NCC(=N\O)/C1=N\O. The van der Waals surface area contributed by atoms with E-state index in [1.165, 1.54) is 0 Å². The van der Waals surface area contributed by atoms with Gasteiger partial charge in [-0.2, -0.15) is 0 Å². The summed E-state index contributed by atoms with van der Waals surface area (Å²) < 4.78 is 0. The zero-order valence-electron chi connectivity index (χ0n) is 4.90. The predicted octanol–water partition coefficient (Wildman–Crippen LogP) is -1.22. The molecule has 0 aliphatic carbocycles. The van der Waals surface area contributed by atoms with Gasteiger partial charge in [0.1, 0.15) is 5.71 Å². The van der Waals surface area contributed by atoms with Crippen LogP contribution in [0.2, 0.25) is 0 Å². The maximum Gasteiger partial charge on any atom is 0.275 e. The second-order valence-electron chi connectivity index (χ2n) is 1.68. The third kappa shape index (κ3) is 0.790. The molecule has 0 aromatic heterocycles. The fourth-order valence-electron chi connectivity index (χ4n) is 0.648. The summed E-state index contributed by atoms with van der Waals surface area (Å²) in [4.78, 5) is 10.6. The molecule has 1 aliphatic rings. The van der Waals surface area contributed by atoms with Gasteiger partial charge in [0.05, 0.1) is 6.54 Å². The maximum atomic E-state index is 10.6. The van der Waals surface area contributed by atoms with Crippen LogP contribution in [-0.2, 0) is 4.79 Å². The van der Waals surface area contributed by atoms with Crippen molar-refractivity contribution in [3.8, 4) is 0 Å². The van der Waals surface area contributed by atoms with Gasteiger partial charge in [-0.05, 0) is 0 Å². The van der Waals surface area contributed by atoms with Crippen LogP contribution in [0.5, 0.6) is 0 Å². The molecule has 0 unspecified atom stereocenters. The van der Waals surface area contributed by atoms with Crippen molar-refractivity contribution >= 4 is 17.3 Å². The zero-order chi connectivity index (χ0) is 7.56. The lowest BCUT2D eigenvalue weighted by Gasteiger charge is -1.85. The van der Waals surface area contributed by atoms with Crippen molar-refractivity contribution in [3.63, 3.8) is 0 Å². The van der Waals surface area contributed by atoms with E-state index in [0.29, 0.717) is 0 Å². The lowest BCUT2D eigenvalue weighted by molar-refractivity contribution is -0.114. The number of carbonyl (C=O) groups excluding carboxylic acids is 1. The average Bonchev–Trinajstić information content (AvgIpc) is 2.30. The highest BCUT2D eigenvalue weighted by Gasteiger charge is 2.26. The quantitative estimate of drug-likeness (QED) is 0.293. The summed E-state index contributed by atoms with van der Waals surface area (Å²) in [5.74, 6) is -0.532. The summed E-state index contributed by atoms with van der Waals surface area (Å²) in [5.41, 5.74) is -0.185. The van der Waals surface area contributed by atoms with E-state index in [0.717, 1.165) is 0 Å². The predicted molar refractivity (Wildman–Crippen MR) is 31.5 cm³/mol. The van der Waals surface area contributed by atoms with Gasteiger partial charge in [-0.15, -0.1) is 0 Å². The number of hydrogen-bond acceptors (Lipinski definition) is 5. The second-order valence-corrected chi connectivity index (χ2v) is 1.68. The molecular weight excluding hydrogens is 138 g/mol. The molecule has 0 aromatic carbocycles. The van der Waals surface area contributed by atoms with E-state index in [4.69, 9.17) is 10.4 Å². The fourth-order valence-corrected chi connectivity index (χ4v) is 0.648. The van der Waals surface area contributed by atoms with Crippen molar-refractivity contribution in [3.05, 3.63) is 0 Å². The Bertz CT molecular complexity index is 220. The van der Waals surface area contributed by atoms with E-state index in [1.54, 1.807) is 0 Å². The van der Waals surface area contributed by atoms with Crippen LogP contribution in [0.3, 0.4) is 0 Å². The molecule has 6 nitrogen and oxygen atoms in total. The van der Waals surface area contributed by atoms with Crippen LogP contribution in [0, 0.1) is 0 Å². The lowest BCUT2D eigenvalue weighted by Crippen LogP contribution is -2.19. The number of nitrogens with zero attached hydrogens (tertiary/aromatic N) is 2. The smallest absolute Gasteiger partial charge is 0.275 e. The molecule has 0 spiro atoms. The molecule has 0 saturated carbocycles. The summed E-state index contributed by atoms with van der Waals surface area (Å²) in [6, 6.07) is 0. The molecule has 0 atom stereocenters. The fraction of sp³-hybridized carbons (Fsp3) is 0.250. The van der Waals surface area contributed by atoms with E-state index in [9.17, 15) is 4.79 Å². The minimum Gasteiger partial charge on any atom is -0.411 e. The van der Waals surface area contributed by atoms with Crippen molar-refractivity contribution in [2.75, 3.05) is 6.54 Å². The monoisotopic (exact) mass is 143 g/mol. The molecule has 1 amide bonds. The molecule has 1 fully saturated rings. The molecule has 0 bridgehead atoms. The Kier molecular flexibility index (Phi) is 1.53. The first-order chi connectivity index (χ1) is 4.79. The van der Waals surface area contributed by atoms with Crippen LogP contribution >= 0.6 is 0 Å². The Morgan fingerprint density at radius 2 is 2.10 bits per heavy atom. The highest BCUT2D eigenvalue weighted by Crippen LogP contribution is 1.91. The highest BCUT2D eigenvalue weighted by molar-refractivity contribution is 6.70. The Morgan fingerprint density at radius 3 is 2.50 bits per heavy atom. The highest BCUT2D eigenvalue weighted by atomic mass is 16.4. The van der Waals surface area contributed by atoms with Crippen molar-refractivity contribution in [2.45, 2.75) is 0 Å². The number of rotatable bonds is 0. The molecule has 6 heteroatoms. The van der Waals surface area contributed by atoms with Crippen LogP contribution in [-0.4, -0.2) is 34.3 Å². The molecule has 1 aliphatic heterocycles. The van der Waals surface area contributed by atoms with Crippen molar-refractivity contribution < 1.29 is 15.2 Å². The summed E-state index contributed by atoms with van der Waals surface area (Å²) in [5, 5.41) is 24.0. The van der Waals surface area contributed by atoms with E-state index in [2.05, 4.69) is 15.6 Å². The van der Waals surface area contributed by atoms with Crippen LogP contribution in [0.1, 0.15) is 0 Å².